The van der Waals surface area contributed by atoms with Crippen molar-refractivity contribution >= 4 is 17.6 Å². The van der Waals surface area contributed by atoms with Gasteiger partial charge in [-0.1, -0.05) is 29.7 Å². The zero-order chi connectivity index (χ0) is 9.68. The van der Waals surface area contributed by atoms with E-state index in [1.54, 1.807) is 24.3 Å². The first-order valence-electron chi connectivity index (χ1n) is 3.61. The zero-order valence-electron chi connectivity index (χ0n) is 6.79. The van der Waals surface area contributed by atoms with E-state index < -0.39 is 5.97 Å². The molecule has 0 N–H and O–H groups in total. The van der Waals surface area contributed by atoms with Crippen LogP contribution in [0.5, 0.6) is 0 Å². The summed E-state index contributed by atoms with van der Waals surface area (Å²) in [6.07, 6.45) is 4.93. The third kappa shape index (κ3) is 2.50. The fraction of sp³-hybridized carbons (Fsp3) is 0.100. The van der Waals surface area contributed by atoms with E-state index >= 15 is 0 Å². The molecular weight excluding hydrogens is 188 g/mol. The van der Waals surface area contributed by atoms with Crippen molar-refractivity contribution in [1.29, 1.82) is 0 Å². The monoisotopic (exact) mass is 194 g/mol. The Morgan fingerprint density at radius 3 is 2.85 bits per heavy atom. The molecule has 1 aromatic rings. The molecule has 0 aliphatic heterocycles. The van der Waals surface area contributed by atoms with E-state index in [4.69, 9.17) is 22.8 Å². The molecule has 0 saturated carbocycles. The summed E-state index contributed by atoms with van der Waals surface area (Å²) >= 11 is 5.75. The summed E-state index contributed by atoms with van der Waals surface area (Å²) in [4.78, 5) is 11.2. The van der Waals surface area contributed by atoms with Gasteiger partial charge in [0.2, 0.25) is 0 Å². The number of halogens is 1. The van der Waals surface area contributed by atoms with E-state index in [9.17, 15) is 4.79 Å². The zero-order valence-corrected chi connectivity index (χ0v) is 7.54. The molecule has 0 aliphatic rings. The van der Waals surface area contributed by atoms with Crippen LogP contribution in [-0.4, -0.2) is 12.6 Å². The number of benzene rings is 1. The lowest BCUT2D eigenvalue weighted by Gasteiger charge is -2.01. The van der Waals surface area contributed by atoms with Crippen LogP contribution in [0.4, 0.5) is 0 Å². The highest BCUT2D eigenvalue weighted by Crippen LogP contribution is 2.15. The molecule has 0 saturated heterocycles. The fourth-order valence-corrected chi connectivity index (χ4v) is 1.02. The molecule has 1 aromatic carbocycles. The second-order valence-electron chi connectivity index (χ2n) is 2.26. The SMILES string of the molecule is C#CCOC(=O)c1ccccc1Cl. The van der Waals surface area contributed by atoms with Gasteiger partial charge >= 0.3 is 5.97 Å². The average molecular weight is 195 g/mol. The van der Waals surface area contributed by atoms with E-state index in [0.29, 0.717) is 10.6 Å². The first-order chi connectivity index (χ1) is 6.25. The number of rotatable bonds is 2. The largest absolute Gasteiger partial charge is 0.449 e. The van der Waals surface area contributed by atoms with Crippen molar-refractivity contribution < 1.29 is 9.53 Å². The standard InChI is InChI=1S/C10H7ClO2/c1-2-7-13-10(12)8-5-3-4-6-9(8)11/h1,3-6H,7H2. The maximum Gasteiger partial charge on any atom is 0.340 e. The summed E-state index contributed by atoms with van der Waals surface area (Å²) in [5.74, 6) is 1.70. The molecule has 0 heterocycles. The van der Waals surface area contributed by atoms with Gasteiger partial charge in [0.05, 0.1) is 10.6 Å². The summed E-state index contributed by atoms with van der Waals surface area (Å²) in [5, 5.41) is 0.365. The Morgan fingerprint density at radius 2 is 2.23 bits per heavy atom. The lowest BCUT2D eigenvalue weighted by molar-refractivity contribution is 0.0557. The number of hydrogen-bond acceptors (Lipinski definition) is 2. The van der Waals surface area contributed by atoms with Crippen LogP contribution in [0.3, 0.4) is 0 Å². The molecule has 13 heavy (non-hydrogen) atoms. The van der Waals surface area contributed by atoms with Crippen LogP contribution in [0.1, 0.15) is 10.4 Å². The molecule has 66 valence electrons. The summed E-state index contributed by atoms with van der Waals surface area (Å²) in [7, 11) is 0. The molecule has 0 aromatic heterocycles. The number of carbonyl (C=O) groups excluding carboxylic acids is 1. The van der Waals surface area contributed by atoms with Crippen LogP contribution in [0.25, 0.3) is 0 Å². The molecule has 0 bridgehead atoms. The van der Waals surface area contributed by atoms with Crippen molar-refractivity contribution in [2.45, 2.75) is 0 Å². The normalized spacial score (nSPS) is 8.92. The number of esters is 1. The van der Waals surface area contributed by atoms with Gasteiger partial charge < -0.3 is 4.74 Å². The number of hydrogen-bond donors (Lipinski definition) is 0. The minimum Gasteiger partial charge on any atom is -0.449 e. The maximum atomic E-state index is 11.2. The minimum absolute atomic E-state index is 0.0376. The molecule has 2 nitrogen and oxygen atoms in total. The van der Waals surface area contributed by atoms with Crippen LogP contribution in [-0.2, 0) is 4.74 Å². The molecule has 1 rings (SSSR count). The summed E-state index contributed by atoms with van der Waals surface area (Å²) in [6, 6.07) is 6.65. The summed E-state index contributed by atoms with van der Waals surface area (Å²) < 4.78 is 4.70. The second kappa shape index (κ2) is 4.54. The fourth-order valence-electron chi connectivity index (χ4n) is 0.812. The van der Waals surface area contributed by atoms with Crippen molar-refractivity contribution in [3.05, 3.63) is 34.9 Å². The second-order valence-corrected chi connectivity index (χ2v) is 2.67. The van der Waals surface area contributed by atoms with Gasteiger partial charge in [0.15, 0.2) is 6.61 Å². The number of terminal acetylenes is 1. The first-order valence-corrected chi connectivity index (χ1v) is 3.98. The van der Waals surface area contributed by atoms with Crippen LogP contribution in [0.15, 0.2) is 24.3 Å². The van der Waals surface area contributed by atoms with Gasteiger partial charge in [-0.05, 0) is 12.1 Å². The Morgan fingerprint density at radius 1 is 1.54 bits per heavy atom. The molecule has 0 aliphatic carbocycles. The van der Waals surface area contributed by atoms with E-state index in [0.717, 1.165) is 0 Å². The van der Waals surface area contributed by atoms with Gasteiger partial charge in [-0.25, -0.2) is 4.79 Å². The highest BCUT2D eigenvalue weighted by Gasteiger charge is 2.09. The maximum absolute atomic E-state index is 11.2. The predicted molar refractivity (Wildman–Crippen MR) is 50.6 cm³/mol. The van der Waals surface area contributed by atoms with Gasteiger partial charge in [-0.15, -0.1) is 6.42 Å². The highest BCUT2D eigenvalue weighted by atomic mass is 35.5. The van der Waals surface area contributed by atoms with Gasteiger partial charge in [-0.3, -0.25) is 0 Å². The van der Waals surface area contributed by atoms with E-state index in [2.05, 4.69) is 5.92 Å². The first kappa shape index (κ1) is 9.63. The van der Waals surface area contributed by atoms with Crippen LogP contribution >= 0.6 is 11.6 Å². The highest BCUT2D eigenvalue weighted by molar-refractivity contribution is 6.33. The molecule has 0 spiro atoms. The lowest BCUT2D eigenvalue weighted by Crippen LogP contribution is -2.05. The molecule has 0 atom stereocenters. The Kier molecular flexibility index (Phi) is 3.36. The number of carbonyl (C=O) groups is 1. The van der Waals surface area contributed by atoms with Crippen LogP contribution in [0.2, 0.25) is 5.02 Å². The van der Waals surface area contributed by atoms with E-state index in [-0.39, 0.29) is 6.61 Å². The molecule has 0 radical (unpaired) electrons. The average Bonchev–Trinajstić information content (AvgIpc) is 2.15. The van der Waals surface area contributed by atoms with Crippen molar-refractivity contribution in [2.24, 2.45) is 0 Å². The Balaban J connectivity index is 2.78. The summed E-state index contributed by atoms with van der Waals surface area (Å²) in [5.41, 5.74) is 0.333. The van der Waals surface area contributed by atoms with E-state index in [1.165, 1.54) is 0 Å². The predicted octanol–water partition coefficient (Wildman–Crippen LogP) is 2.13. The van der Waals surface area contributed by atoms with Gasteiger partial charge in [0.25, 0.3) is 0 Å². The third-order valence-electron chi connectivity index (χ3n) is 1.38. The van der Waals surface area contributed by atoms with Crippen molar-refractivity contribution in [3.8, 4) is 12.3 Å². The van der Waals surface area contributed by atoms with Crippen molar-refractivity contribution in [1.82, 2.24) is 0 Å². The molecule has 0 unspecified atom stereocenters. The topological polar surface area (TPSA) is 26.3 Å². The van der Waals surface area contributed by atoms with Gasteiger partial charge in [0, 0.05) is 0 Å². The van der Waals surface area contributed by atoms with Gasteiger partial charge in [0.1, 0.15) is 0 Å². The third-order valence-corrected chi connectivity index (χ3v) is 1.71. The Labute approximate surface area is 81.5 Å². The Bertz CT molecular complexity index is 352. The Hall–Kier alpha value is -1.46. The molecule has 0 fully saturated rings. The van der Waals surface area contributed by atoms with Gasteiger partial charge in [-0.2, -0.15) is 0 Å². The van der Waals surface area contributed by atoms with Crippen molar-refractivity contribution in [3.63, 3.8) is 0 Å². The molecule has 0 amide bonds. The van der Waals surface area contributed by atoms with Crippen LogP contribution in [0, 0.1) is 12.3 Å². The van der Waals surface area contributed by atoms with Crippen LogP contribution < -0.4 is 0 Å². The molecular formula is C10H7ClO2. The molecule has 3 heteroatoms. The smallest absolute Gasteiger partial charge is 0.340 e. The minimum atomic E-state index is -0.497. The summed E-state index contributed by atoms with van der Waals surface area (Å²) in [6.45, 7) is -0.0376. The van der Waals surface area contributed by atoms with E-state index in [1.807, 2.05) is 0 Å². The number of ether oxygens (including phenoxy) is 1. The lowest BCUT2D eigenvalue weighted by atomic mass is 10.2. The quantitative estimate of drug-likeness (QED) is 0.533. The van der Waals surface area contributed by atoms with Crippen molar-refractivity contribution in [2.75, 3.05) is 6.61 Å².